The summed E-state index contributed by atoms with van der Waals surface area (Å²) in [5.41, 5.74) is 0.796. The molecule has 1 unspecified atom stereocenters. The van der Waals surface area contributed by atoms with Gasteiger partial charge in [0.15, 0.2) is 0 Å². The van der Waals surface area contributed by atoms with Crippen LogP contribution < -0.4 is 0 Å². The monoisotopic (exact) mass is 273 g/mol. The first-order chi connectivity index (χ1) is 9.75. The Kier molecular flexibility index (Phi) is 3.46. The minimum Gasteiger partial charge on any atom is -0.469 e. The van der Waals surface area contributed by atoms with E-state index in [2.05, 4.69) is 4.99 Å². The average molecular weight is 273 g/mol. The highest BCUT2D eigenvalue weighted by atomic mass is 19.1. The topological polar surface area (TPSA) is 21.6 Å². The van der Waals surface area contributed by atoms with Crippen molar-refractivity contribution in [1.29, 1.82) is 0 Å². The van der Waals surface area contributed by atoms with E-state index in [4.69, 9.17) is 4.74 Å². The Labute approximate surface area is 115 Å². The lowest BCUT2D eigenvalue weighted by Gasteiger charge is -2.24. The standard InChI is InChI=1S/C16H13F2NO/c17-12-7-4-8-13(18)15(12)16-19-10-9-14(20-16)11-5-2-1-3-6-11/h1-8,14H,9-10H2. The highest BCUT2D eigenvalue weighted by Crippen LogP contribution is 2.27. The van der Waals surface area contributed by atoms with Crippen LogP contribution in [-0.4, -0.2) is 12.4 Å². The van der Waals surface area contributed by atoms with Crippen LogP contribution in [0.25, 0.3) is 0 Å². The molecular weight excluding hydrogens is 260 g/mol. The van der Waals surface area contributed by atoms with E-state index in [0.717, 1.165) is 5.56 Å². The van der Waals surface area contributed by atoms with Crippen LogP contribution in [0.2, 0.25) is 0 Å². The second-order valence-electron chi connectivity index (χ2n) is 4.59. The second-order valence-corrected chi connectivity index (χ2v) is 4.59. The summed E-state index contributed by atoms with van der Waals surface area (Å²) in [5.74, 6) is -1.27. The van der Waals surface area contributed by atoms with Gasteiger partial charge >= 0.3 is 0 Å². The van der Waals surface area contributed by atoms with Crippen LogP contribution in [0.15, 0.2) is 53.5 Å². The summed E-state index contributed by atoms with van der Waals surface area (Å²) in [6.45, 7) is 0.489. The molecule has 1 aliphatic heterocycles. The molecule has 0 N–H and O–H groups in total. The molecule has 3 rings (SSSR count). The second kappa shape index (κ2) is 5.41. The molecule has 0 amide bonds. The van der Waals surface area contributed by atoms with Gasteiger partial charge in [-0.2, -0.15) is 0 Å². The fourth-order valence-corrected chi connectivity index (χ4v) is 2.26. The Morgan fingerprint density at radius 1 is 0.950 bits per heavy atom. The largest absolute Gasteiger partial charge is 0.469 e. The van der Waals surface area contributed by atoms with E-state index >= 15 is 0 Å². The molecule has 1 heterocycles. The van der Waals surface area contributed by atoms with Crippen LogP contribution in [0.1, 0.15) is 23.7 Å². The van der Waals surface area contributed by atoms with Gasteiger partial charge in [-0.05, 0) is 17.7 Å². The van der Waals surface area contributed by atoms with Gasteiger partial charge in [0, 0.05) is 13.0 Å². The van der Waals surface area contributed by atoms with Crippen LogP contribution in [0.3, 0.4) is 0 Å². The number of ether oxygens (including phenoxy) is 1. The summed E-state index contributed by atoms with van der Waals surface area (Å²) in [5, 5.41) is 0. The summed E-state index contributed by atoms with van der Waals surface area (Å²) in [4.78, 5) is 4.11. The maximum Gasteiger partial charge on any atom is 0.222 e. The normalized spacial score (nSPS) is 18.3. The summed E-state index contributed by atoms with van der Waals surface area (Å²) in [7, 11) is 0. The Balaban J connectivity index is 1.91. The highest BCUT2D eigenvalue weighted by Gasteiger charge is 2.24. The zero-order valence-corrected chi connectivity index (χ0v) is 10.7. The number of benzene rings is 2. The third kappa shape index (κ3) is 2.41. The van der Waals surface area contributed by atoms with Crippen LogP contribution >= 0.6 is 0 Å². The van der Waals surface area contributed by atoms with E-state index < -0.39 is 11.6 Å². The lowest BCUT2D eigenvalue weighted by molar-refractivity contribution is 0.169. The van der Waals surface area contributed by atoms with Gasteiger partial charge in [-0.1, -0.05) is 36.4 Å². The smallest absolute Gasteiger partial charge is 0.222 e. The van der Waals surface area contributed by atoms with Crippen molar-refractivity contribution in [2.45, 2.75) is 12.5 Å². The Hall–Kier alpha value is -2.23. The van der Waals surface area contributed by atoms with Crippen molar-refractivity contribution in [2.24, 2.45) is 4.99 Å². The number of rotatable bonds is 2. The van der Waals surface area contributed by atoms with Gasteiger partial charge in [0.05, 0.1) is 0 Å². The Morgan fingerprint density at radius 3 is 2.35 bits per heavy atom. The minimum atomic E-state index is -0.655. The highest BCUT2D eigenvalue weighted by molar-refractivity contribution is 5.95. The number of halogens is 2. The van der Waals surface area contributed by atoms with Gasteiger partial charge in [0.25, 0.3) is 0 Å². The molecule has 20 heavy (non-hydrogen) atoms. The summed E-state index contributed by atoms with van der Waals surface area (Å²) >= 11 is 0. The number of nitrogens with zero attached hydrogens (tertiary/aromatic N) is 1. The van der Waals surface area contributed by atoms with Crippen molar-refractivity contribution < 1.29 is 13.5 Å². The number of hydrogen-bond donors (Lipinski definition) is 0. The van der Waals surface area contributed by atoms with Gasteiger partial charge in [-0.15, -0.1) is 0 Å². The van der Waals surface area contributed by atoms with Crippen molar-refractivity contribution >= 4 is 5.90 Å². The predicted octanol–water partition coefficient (Wildman–Crippen LogP) is 3.87. The lowest BCUT2D eigenvalue weighted by atomic mass is 10.1. The molecule has 0 saturated carbocycles. The molecule has 102 valence electrons. The molecule has 1 aliphatic rings. The minimum absolute atomic E-state index is 0.0423. The van der Waals surface area contributed by atoms with Crippen LogP contribution in [0.4, 0.5) is 8.78 Å². The van der Waals surface area contributed by atoms with E-state index in [9.17, 15) is 8.78 Å². The molecule has 0 radical (unpaired) electrons. The van der Waals surface area contributed by atoms with Crippen LogP contribution in [0, 0.1) is 11.6 Å². The van der Waals surface area contributed by atoms with E-state index in [0.29, 0.717) is 13.0 Å². The summed E-state index contributed by atoms with van der Waals surface area (Å²) in [6.07, 6.45) is 0.478. The predicted molar refractivity (Wildman–Crippen MR) is 72.6 cm³/mol. The van der Waals surface area contributed by atoms with Gasteiger partial charge in [-0.3, -0.25) is 4.99 Å². The van der Waals surface area contributed by atoms with Gasteiger partial charge in [0.2, 0.25) is 5.90 Å². The third-order valence-corrected chi connectivity index (χ3v) is 3.25. The van der Waals surface area contributed by atoms with E-state index in [-0.39, 0.29) is 17.6 Å². The van der Waals surface area contributed by atoms with Crippen molar-refractivity contribution in [2.75, 3.05) is 6.54 Å². The average Bonchev–Trinajstić information content (AvgIpc) is 2.48. The van der Waals surface area contributed by atoms with E-state index in [1.165, 1.54) is 18.2 Å². The molecule has 4 heteroatoms. The molecule has 0 bridgehead atoms. The van der Waals surface area contributed by atoms with Gasteiger partial charge in [-0.25, -0.2) is 8.78 Å². The molecular formula is C16H13F2NO. The SMILES string of the molecule is Fc1cccc(F)c1C1=NCCC(c2ccccc2)O1. The van der Waals surface area contributed by atoms with Gasteiger partial charge in [0.1, 0.15) is 23.3 Å². The first kappa shape index (κ1) is 12.8. The maximum atomic E-state index is 13.8. The van der Waals surface area contributed by atoms with Crippen molar-refractivity contribution in [1.82, 2.24) is 0 Å². The maximum absolute atomic E-state index is 13.8. The van der Waals surface area contributed by atoms with E-state index in [1.807, 2.05) is 30.3 Å². The quantitative estimate of drug-likeness (QED) is 0.814. The van der Waals surface area contributed by atoms with Crippen LogP contribution in [0.5, 0.6) is 0 Å². The molecule has 0 aromatic heterocycles. The lowest BCUT2D eigenvalue weighted by Crippen LogP contribution is -2.21. The number of aliphatic imine (C=N–C) groups is 1. The fraction of sp³-hybridized carbons (Fsp3) is 0.188. The summed E-state index contributed by atoms with van der Waals surface area (Å²) < 4.78 is 33.2. The molecule has 0 spiro atoms. The molecule has 2 nitrogen and oxygen atoms in total. The summed E-state index contributed by atoms with van der Waals surface area (Å²) in [6, 6.07) is 13.3. The van der Waals surface area contributed by atoms with Crippen molar-refractivity contribution in [3.05, 3.63) is 71.3 Å². The zero-order valence-electron chi connectivity index (χ0n) is 10.7. The fourth-order valence-electron chi connectivity index (χ4n) is 2.26. The molecule has 1 atom stereocenters. The van der Waals surface area contributed by atoms with Crippen LogP contribution in [-0.2, 0) is 4.74 Å². The molecule has 2 aromatic rings. The van der Waals surface area contributed by atoms with Crippen molar-refractivity contribution in [3.63, 3.8) is 0 Å². The zero-order chi connectivity index (χ0) is 13.9. The Morgan fingerprint density at radius 2 is 1.65 bits per heavy atom. The third-order valence-electron chi connectivity index (χ3n) is 3.25. The van der Waals surface area contributed by atoms with Crippen molar-refractivity contribution in [3.8, 4) is 0 Å². The first-order valence-electron chi connectivity index (χ1n) is 6.46. The molecule has 2 aromatic carbocycles. The first-order valence-corrected chi connectivity index (χ1v) is 6.46. The molecule has 0 aliphatic carbocycles. The van der Waals surface area contributed by atoms with E-state index in [1.54, 1.807) is 0 Å². The Bertz CT molecular complexity index is 620. The molecule has 0 fully saturated rings. The number of hydrogen-bond acceptors (Lipinski definition) is 2. The molecule has 0 saturated heterocycles. The van der Waals surface area contributed by atoms with Gasteiger partial charge < -0.3 is 4.74 Å².